The number of aryl methyl sites for hydroxylation is 1. The lowest BCUT2D eigenvalue weighted by Crippen LogP contribution is -2.09. The van der Waals surface area contributed by atoms with Gasteiger partial charge >= 0.3 is 5.97 Å². The van der Waals surface area contributed by atoms with E-state index in [0.29, 0.717) is 11.3 Å². The maximum Gasteiger partial charge on any atom is 0.374 e. The largest absolute Gasteiger partial charge is 0.475 e. The van der Waals surface area contributed by atoms with Gasteiger partial charge in [-0.05, 0) is 24.6 Å². The van der Waals surface area contributed by atoms with Gasteiger partial charge in [-0.2, -0.15) is 5.10 Å². The first-order chi connectivity index (χ1) is 9.15. The zero-order valence-corrected chi connectivity index (χ0v) is 10.1. The fourth-order valence-electron chi connectivity index (χ4n) is 1.86. The van der Waals surface area contributed by atoms with Crippen LogP contribution < -0.4 is 0 Å². The number of aromatic carboxylic acids is 1. The molecule has 6 heteroatoms. The van der Waals surface area contributed by atoms with Crippen molar-refractivity contribution < 1.29 is 9.90 Å². The SMILES string of the molecule is Cc1cnn(-c2nc(C(=O)O)nc3ccccc23)c1. The van der Waals surface area contributed by atoms with Crippen molar-refractivity contribution in [1.29, 1.82) is 0 Å². The molecule has 0 aliphatic rings. The van der Waals surface area contributed by atoms with Gasteiger partial charge in [0, 0.05) is 11.6 Å². The Morgan fingerprint density at radius 3 is 2.74 bits per heavy atom. The summed E-state index contributed by atoms with van der Waals surface area (Å²) in [5, 5.41) is 14.0. The molecule has 0 atom stereocenters. The van der Waals surface area contributed by atoms with Gasteiger partial charge in [-0.1, -0.05) is 12.1 Å². The Hall–Kier alpha value is -2.76. The molecule has 19 heavy (non-hydrogen) atoms. The number of fused-ring (bicyclic) bond motifs is 1. The molecule has 94 valence electrons. The average Bonchev–Trinajstić information content (AvgIpc) is 2.84. The molecular formula is C13H10N4O2. The second-order valence-corrected chi connectivity index (χ2v) is 4.16. The van der Waals surface area contributed by atoms with Crippen molar-refractivity contribution in [3.8, 4) is 5.82 Å². The zero-order chi connectivity index (χ0) is 13.4. The minimum absolute atomic E-state index is 0.234. The van der Waals surface area contributed by atoms with Crippen molar-refractivity contribution in [2.75, 3.05) is 0 Å². The molecule has 0 radical (unpaired) electrons. The number of hydrogen-bond donors (Lipinski definition) is 1. The maximum absolute atomic E-state index is 11.1. The molecule has 3 aromatic rings. The first-order valence-corrected chi connectivity index (χ1v) is 5.67. The van der Waals surface area contributed by atoms with Gasteiger partial charge in [0.25, 0.3) is 0 Å². The van der Waals surface area contributed by atoms with Crippen LogP contribution in [0, 0.1) is 6.92 Å². The molecule has 1 aromatic carbocycles. The van der Waals surface area contributed by atoms with Gasteiger partial charge in [0.2, 0.25) is 5.82 Å². The molecule has 2 heterocycles. The Balaban J connectivity index is 2.35. The quantitative estimate of drug-likeness (QED) is 0.754. The Morgan fingerprint density at radius 1 is 1.26 bits per heavy atom. The molecule has 2 aromatic heterocycles. The third kappa shape index (κ3) is 1.93. The Labute approximate surface area is 108 Å². The monoisotopic (exact) mass is 254 g/mol. The summed E-state index contributed by atoms with van der Waals surface area (Å²) < 4.78 is 1.56. The number of rotatable bonds is 2. The molecule has 0 unspecified atom stereocenters. The van der Waals surface area contributed by atoms with Crippen LogP contribution in [0.3, 0.4) is 0 Å². The molecule has 0 spiro atoms. The molecular weight excluding hydrogens is 244 g/mol. The van der Waals surface area contributed by atoms with Crippen LogP contribution in [-0.2, 0) is 0 Å². The van der Waals surface area contributed by atoms with Crippen molar-refractivity contribution >= 4 is 16.9 Å². The predicted octanol–water partition coefficient (Wildman–Crippen LogP) is 1.82. The normalized spacial score (nSPS) is 10.8. The maximum atomic E-state index is 11.1. The smallest absolute Gasteiger partial charge is 0.374 e. The van der Waals surface area contributed by atoms with Gasteiger partial charge in [-0.25, -0.2) is 19.4 Å². The summed E-state index contributed by atoms with van der Waals surface area (Å²) in [6, 6.07) is 7.25. The molecule has 0 saturated carbocycles. The summed E-state index contributed by atoms with van der Waals surface area (Å²) in [6.45, 7) is 1.91. The number of aromatic nitrogens is 4. The lowest BCUT2D eigenvalue weighted by Gasteiger charge is -2.06. The van der Waals surface area contributed by atoms with Crippen LogP contribution in [0.15, 0.2) is 36.7 Å². The summed E-state index contributed by atoms with van der Waals surface area (Å²) in [4.78, 5) is 19.2. The van der Waals surface area contributed by atoms with Crippen molar-refractivity contribution in [3.05, 3.63) is 48.0 Å². The van der Waals surface area contributed by atoms with Gasteiger partial charge in [-0.15, -0.1) is 0 Å². The van der Waals surface area contributed by atoms with E-state index in [0.717, 1.165) is 10.9 Å². The second-order valence-electron chi connectivity index (χ2n) is 4.16. The summed E-state index contributed by atoms with van der Waals surface area (Å²) in [5.74, 6) is -0.922. The summed E-state index contributed by atoms with van der Waals surface area (Å²) in [7, 11) is 0. The van der Waals surface area contributed by atoms with Gasteiger partial charge in [-0.3, -0.25) is 0 Å². The second kappa shape index (κ2) is 4.16. The number of nitrogens with zero attached hydrogens (tertiary/aromatic N) is 4. The zero-order valence-electron chi connectivity index (χ0n) is 10.1. The third-order valence-corrected chi connectivity index (χ3v) is 2.70. The van der Waals surface area contributed by atoms with Gasteiger partial charge in [0.1, 0.15) is 0 Å². The fraction of sp³-hybridized carbons (Fsp3) is 0.0769. The highest BCUT2D eigenvalue weighted by Crippen LogP contribution is 2.19. The van der Waals surface area contributed by atoms with E-state index in [1.165, 1.54) is 0 Å². The van der Waals surface area contributed by atoms with Gasteiger partial charge < -0.3 is 5.11 Å². The van der Waals surface area contributed by atoms with Gasteiger partial charge in [0.15, 0.2) is 5.82 Å². The van der Waals surface area contributed by atoms with E-state index in [-0.39, 0.29) is 5.82 Å². The minimum Gasteiger partial charge on any atom is -0.475 e. The van der Waals surface area contributed by atoms with Crippen LogP contribution in [0.1, 0.15) is 16.2 Å². The number of para-hydroxylation sites is 1. The highest BCUT2D eigenvalue weighted by atomic mass is 16.4. The summed E-state index contributed by atoms with van der Waals surface area (Å²) >= 11 is 0. The van der Waals surface area contributed by atoms with E-state index >= 15 is 0 Å². The molecule has 6 nitrogen and oxygen atoms in total. The fourth-order valence-corrected chi connectivity index (χ4v) is 1.86. The molecule has 0 saturated heterocycles. The van der Waals surface area contributed by atoms with Crippen LogP contribution in [0.4, 0.5) is 0 Å². The molecule has 0 amide bonds. The van der Waals surface area contributed by atoms with Crippen molar-refractivity contribution in [1.82, 2.24) is 19.7 Å². The Bertz CT molecular complexity index is 779. The third-order valence-electron chi connectivity index (χ3n) is 2.70. The predicted molar refractivity (Wildman–Crippen MR) is 68.4 cm³/mol. The van der Waals surface area contributed by atoms with Crippen LogP contribution >= 0.6 is 0 Å². The lowest BCUT2D eigenvalue weighted by molar-refractivity contribution is 0.0684. The summed E-state index contributed by atoms with van der Waals surface area (Å²) in [5.41, 5.74) is 1.55. The lowest BCUT2D eigenvalue weighted by atomic mass is 10.2. The molecule has 0 aliphatic carbocycles. The molecule has 0 bridgehead atoms. The number of carboxylic acid groups (broad SMARTS) is 1. The van der Waals surface area contributed by atoms with Gasteiger partial charge in [0.05, 0.1) is 11.7 Å². The Kier molecular flexibility index (Phi) is 2.49. The van der Waals surface area contributed by atoms with Crippen LogP contribution in [0.5, 0.6) is 0 Å². The van der Waals surface area contributed by atoms with Crippen LogP contribution in [-0.4, -0.2) is 30.8 Å². The number of benzene rings is 1. The van der Waals surface area contributed by atoms with E-state index in [1.54, 1.807) is 29.2 Å². The minimum atomic E-state index is -1.16. The van der Waals surface area contributed by atoms with Crippen LogP contribution in [0.2, 0.25) is 0 Å². The van der Waals surface area contributed by atoms with E-state index in [2.05, 4.69) is 15.1 Å². The van der Waals surface area contributed by atoms with Crippen molar-refractivity contribution in [2.45, 2.75) is 6.92 Å². The molecule has 0 aliphatic heterocycles. The first kappa shape index (κ1) is 11.3. The number of carbonyl (C=O) groups is 1. The highest BCUT2D eigenvalue weighted by molar-refractivity contribution is 5.91. The molecule has 0 fully saturated rings. The standard InChI is InChI=1S/C13H10N4O2/c1-8-6-14-17(7-8)12-9-4-2-3-5-10(9)15-11(16-12)13(18)19/h2-7H,1H3,(H,18,19). The van der Waals surface area contributed by atoms with Crippen molar-refractivity contribution in [2.24, 2.45) is 0 Å². The highest BCUT2D eigenvalue weighted by Gasteiger charge is 2.14. The molecule has 1 N–H and O–H groups in total. The number of carboxylic acids is 1. The molecule has 3 rings (SSSR count). The Morgan fingerprint density at radius 2 is 2.05 bits per heavy atom. The number of hydrogen-bond acceptors (Lipinski definition) is 4. The van der Waals surface area contributed by atoms with E-state index in [1.807, 2.05) is 19.1 Å². The first-order valence-electron chi connectivity index (χ1n) is 5.67. The van der Waals surface area contributed by atoms with E-state index < -0.39 is 5.97 Å². The average molecular weight is 254 g/mol. The van der Waals surface area contributed by atoms with E-state index in [4.69, 9.17) is 5.11 Å². The topological polar surface area (TPSA) is 80.9 Å². The van der Waals surface area contributed by atoms with E-state index in [9.17, 15) is 4.79 Å². The van der Waals surface area contributed by atoms with Crippen LogP contribution in [0.25, 0.3) is 16.7 Å². The van der Waals surface area contributed by atoms with Crippen molar-refractivity contribution in [3.63, 3.8) is 0 Å². The summed E-state index contributed by atoms with van der Waals surface area (Å²) in [6.07, 6.45) is 3.48.